The lowest BCUT2D eigenvalue weighted by Gasteiger charge is -2.02. The van der Waals surface area contributed by atoms with Crippen molar-refractivity contribution >= 4 is 5.84 Å². The molecule has 3 N–H and O–H groups in total. The molecule has 19 heavy (non-hydrogen) atoms. The van der Waals surface area contributed by atoms with Crippen molar-refractivity contribution in [3.63, 3.8) is 0 Å². The highest BCUT2D eigenvalue weighted by atomic mass is 16.5. The first-order valence-electron chi connectivity index (χ1n) is 5.73. The summed E-state index contributed by atoms with van der Waals surface area (Å²) < 4.78 is 7.26. The van der Waals surface area contributed by atoms with Crippen molar-refractivity contribution in [3.05, 3.63) is 30.5 Å². The van der Waals surface area contributed by atoms with Crippen LogP contribution in [0.25, 0.3) is 0 Å². The van der Waals surface area contributed by atoms with Gasteiger partial charge in [0.1, 0.15) is 5.69 Å². The van der Waals surface area contributed by atoms with Gasteiger partial charge in [-0.1, -0.05) is 12.1 Å². The van der Waals surface area contributed by atoms with Crippen molar-refractivity contribution < 1.29 is 9.94 Å². The lowest BCUT2D eigenvalue weighted by molar-refractivity contribution is 0.318. The molecule has 2 aromatic heterocycles. The Morgan fingerprint density at radius 2 is 2.26 bits per heavy atom. The van der Waals surface area contributed by atoms with Gasteiger partial charge in [-0.2, -0.15) is 5.10 Å². The van der Waals surface area contributed by atoms with E-state index in [0.717, 1.165) is 13.0 Å². The van der Waals surface area contributed by atoms with E-state index in [1.54, 1.807) is 17.1 Å². The molecule has 2 heterocycles. The van der Waals surface area contributed by atoms with Crippen LogP contribution in [0.5, 0.6) is 11.6 Å². The summed E-state index contributed by atoms with van der Waals surface area (Å²) in [5, 5.41) is 15.5. The normalized spacial score (nSPS) is 11.5. The molecular formula is C11H14N6O2. The van der Waals surface area contributed by atoms with Gasteiger partial charge in [0, 0.05) is 6.54 Å². The highest BCUT2D eigenvalue weighted by molar-refractivity contribution is 5.94. The highest BCUT2D eigenvalue weighted by Gasteiger charge is 2.05. The molecule has 0 atom stereocenters. The molecule has 0 amide bonds. The molecule has 2 aromatic rings. The molecule has 0 radical (unpaired) electrons. The van der Waals surface area contributed by atoms with Crippen LogP contribution in [0.1, 0.15) is 19.0 Å². The van der Waals surface area contributed by atoms with Gasteiger partial charge in [-0.3, -0.25) is 4.68 Å². The molecule has 0 aliphatic carbocycles. The maximum absolute atomic E-state index is 8.50. The molecule has 100 valence electrons. The maximum atomic E-state index is 8.50. The summed E-state index contributed by atoms with van der Waals surface area (Å²) in [5.41, 5.74) is 5.65. The SMILES string of the molecule is CCCn1cc(Oc2cnc(/C(N)=N/O)cn2)cn1. The van der Waals surface area contributed by atoms with E-state index in [0.29, 0.717) is 11.6 Å². The lowest BCUT2D eigenvalue weighted by Crippen LogP contribution is -2.15. The van der Waals surface area contributed by atoms with Gasteiger partial charge in [-0.15, -0.1) is 0 Å². The van der Waals surface area contributed by atoms with Gasteiger partial charge in [0.25, 0.3) is 0 Å². The number of nitrogens with two attached hydrogens (primary N) is 1. The van der Waals surface area contributed by atoms with Crippen molar-refractivity contribution in [2.45, 2.75) is 19.9 Å². The maximum Gasteiger partial charge on any atom is 0.238 e. The first kappa shape index (κ1) is 12.8. The number of rotatable bonds is 5. The van der Waals surface area contributed by atoms with Crippen LogP contribution >= 0.6 is 0 Å². The predicted octanol–water partition coefficient (Wildman–Crippen LogP) is 0.970. The monoisotopic (exact) mass is 262 g/mol. The molecule has 8 heteroatoms. The average Bonchev–Trinajstić information content (AvgIpc) is 2.86. The van der Waals surface area contributed by atoms with Gasteiger partial charge in [0.15, 0.2) is 11.6 Å². The van der Waals surface area contributed by atoms with E-state index >= 15 is 0 Å². The van der Waals surface area contributed by atoms with Crippen LogP contribution in [-0.2, 0) is 6.54 Å². The van der Waals surface area contributed by atoms with Gasteiger partial charge in [-0.05, 0) is 6.42 Å². The number of oxime groups is 1. The molecule has 2 rings (SSSR count). The molecule has 0 spiro atoms. The first-order chi connectivity index (χ1) is 9.22. The number of amidine groups is 1. The smallest absolute Gasteiger partial charge is 0.238 e. The van der Waals surface area contributed by atoms with Crippen molar-refractivity contribution in [2.75, 3.05) is 0 Å². The fraction of sp³-hybridized carbons (Fsp3) is 0.273. The number of hydrogen-bond acceptors (Lipinski definition) is 6. The fourth-order valence-electron chi connectivity index (χ4n) is 1.42. The molecule has 0 bridgehead atoms. The third-order valence-electron chi connectivity index (χ3n) is 2.28. The van der Waals surface area contributed by atoms with E-state index in [2.05, 4.69) is 27.1 Å². The quantitative estimate of drug-likeness (QED) is 0.359. The van der Waals surface area contributed by atoms with Crippen LogP contribution in [0.2, 0.25) is 0 Å². The summed E-state index contributed by atoms with van der Waals surface area (Å²) >= 11 is 0. The summed E-state index contributed by atoms with van der Waals surface area (Å²) in [6.45, 7) is 2.90. The van der Waals surface area contributed by atoms with Crippen molar-refractivity contribution in [2.24, 2.45) is 10.9 Å². The van der Waals surface area contributed by atoms with E-state index in [1.165, 1.54) is 12.4 Å². The van der Waals surface area contributed by atoms with E-state index in [9.17, 15) is 0 Å². The number of aryl methyl sites for hydroxylation is 1. The van der Waals surface area contributed by atoms with E-state index in [4.69, 9.17) is 15.7 Å². The molecule has 8 nitrogen and oxygen atoms in total. The minimum Gasteiger partial charge on any atom is -0.434 e. The van der Waals surface area contributed by atoms with Crippen LogP contribution in [0.3, 0.4) is 0 Å². The van der Waals surface area contributed by atoms with Gasteiger partial charge in [0.2, 0.25) is 5.88 Å². The van der Waals surface area contributed by atoms with Crippen LogP contribution < -0.4 is 10.5 Å². The Morgan fingerprint density at radius 1 is 1.42 bits per heavy atom. The van der Waals surface area contributed by atoms with E-state index < -0.39 is 0 Å². The Morgan fingerprint density at radius 3 is 2.89 bits per heavy atom. The number of aromatic nitrogens is 4. The summed E-state index contributed by atoms with van der Waals surface area (Å²) in [4.78, 5) is 7.96. The molecule has 0 fully saturated rings. The second kappa shape index (κ2) is 5.80. The van der Waals surface area contributed by atoms with Crippen LogP contribution in [-0.4, -0.2) is 30.8 Å². The topological polar surface area (TPSA) is 111 Å². The Labute approximate surface area is 109 Å². The summed E-state index contributed by atoms with van der Waals surface area (Å²) in [6.07, 6.45) is 7.14. The standard InChI is InChI=1S/C11H14N6O2/c1-2-3-17-7-8(4-15-17)19-10-6-13-9(5-14-10)11(12)16-18/h4-7,18H,2-3H2,1H3,(H2,12,16). The molecule has 0 saturated carbocycles. The number of nitrogens with zero attached hydrogens (tertiary/aromatic N) is 5. The Bertz CT molecular complexity index is 563. The average molecular weight is 262 g/mol. The van der Waals surface area contributed by atoms with Crippen molar-refractivity contribution in [1.29, 1.82) is 0 Å². The number of hydrogen-bond donors (Lipinski definition) is 2. The third-order valence-corrected chi connectivity index (χ3v) is 2.28. The van der Waals surface area contributed by atoms with Crippen molar-refractivity contribution in [3.8, 4) is 11.6 Å². The highest BCUT2D eigenvalue weighted by Crippen LogP contribution is 2.17. The Balaban J connectivity index is 2.06. The number of ether oxygens (including phenoxy) is 1. The second-order valence-corrected chi connectivity index (χ2v) is 3.77. The van der Waals surface area contributed by atoms with Crippen LogP contribution in [0.15, 0.2) is 29.9 Å². The van der Waals surface area contributed by atoms with Crippen LogP contribution in [0.4, 0.5) is 0 Å². The fourth-order valence-corrected chi connectivity index (χ4v) is 1.42. The Kier molecular flexibility index (Phi) is 3.91. The lowest BCUT2D eigenvalue weighted by atomic mass is 10.4. The minimum atomic E-state index is -0.102. The van der Waals surface area contributed by atoms with E-state index in [-0.39, 0.29) is 11.5 Å². The third kappa shape index (κ3) is 3.18. The molecule has 0 unspecified atom stereocenters. The molecule has 0 saturated heterocycles. The molecular weight excluding hydrogens is 248 g/mol. The van der Waals surface area contributed by atoms with Crippen molar-refractivity contribution in [1.82, 2.24) is 19.7 Å². The molecule has 0 aliphatic rings. The summed E-state index contributed by atoms with van der Waals surface area (Å²) in [6, 6.07) is 0. The Hall–Kier alpha value is -2.64. The summed E-state index contributed by atoms with van der Waals surface area (Å²) in [5.74, 6) is 0.791. The molecule has 0 aromatic carbocycles. The zero-order chi connectivity index (χ0) is 13.7. The van der Waals surface area contributed by atoms with Crippen LogP contribution in [0, 0.1) is 0 Å². The summed E-state index contributed by atoms with van der Waals surface area (Å²) in [7, 11) is 0. The van der Waals surface area contributed by atoms with E-state index in [1.807, 2.05) is 0 Å². The van der Waals surface area contributed by atoms with Gasteiger partial charge in [0.05, 0.1) is 24.8 Å². The predicted molar refractivity (Wildman–Crippen MR) is 67.1 cm³/mol. The van der Waals surface area contributed by atoms with Gasteiger partial charge >= 0.3 is 0 Å². The van der Waals surface area contributed by atoms with Gasteiger partial charge in [-0.25, -0.2) is 9.97 Å². The van der Waals surface area contributed by atoms with Gasteiger partial charge < -0.3 is 15.7 Å². The minimum absolute atomic E-state index is 0.102. The second-order valence-electron chi connectivity index (χ2n) is 3.77. The first-order valence-corrected chi connectivity index (χ1v) is 5.73. The zero-order valence-electron chi connectivity index (χ0n) is 10.4. The largest absolute Gasteiger partial charge is 0.434 e. The zero-order valence-corrected chi connectivity index (χ0v) is 10.4. The molecule has 0 aliphatic heterocycles.